The third-order valence-corrected chi connectivity index (χ3v) is 7.37. The van der Waals surface area contributed by atoms with Crippen LogP contribution in [0.2, 0.25) is 15.1 Å². The predicted octanol–water partition coefficient (Wildman–Crippen LogP) is 5.14. The number of methoxy groups -OCH3 is 1. The molecule has 204 valence electrons. The van der Waals surface area contributed by atoms with Crippen LogP contribution in [-0.2, 0) is 26.2 Å². The lowest BCUT2D eigenvalue weighted by molar-refractivity contribution is -0.141. The molecule has 0 heterocycles. The van der Waals surface area contributed by atoms with E-state index >= 15 is 0 Å². The Hall–Kier alpha value is -2.20. The molecule has 1 atom stereocenters. The van der Waals surface area contributed by atoms with Gasteiger partial charge in [0, 0.05) is 22.1 Å². The van der Waals surface area contributed by atoms with Crippen LogP contribution in [-0.4, -0.2) is 56.6 Å². The normalized spacial score (nSPS) is 12.6. The number of nitrogens with zero attached hydrogens (tertiary/aromatic N) is 2. The second-order valence-corrected chi connectivity index (χ2v) is 12.7. The Morgan fingerprint density at radius 2 is 1.70 bits per heavy atom. The molecule has 8 nitrogen and oxygen atoms in total. The highest BCUT2D eigenvalue weighted by atomic mass is 35.5. The number of amides is 2. The first-order valence-corrected chi connectivity index (χ1v) is 14.4. The first kappa shape index (κ1) is 31.0. The zero-order chi connectivity index (χ0) is 28.1. The summed E-state index contributed by atoms with van der Waals surface area (Å²) < 4.78 is 31.5. The van der Waals surface area contributed by atoms with Gasteiger partial charge in [-0.3, -0.25) is 13.9 Å². The standard InChI is InChI=1S/C25H32Cl3N3O5S/c1-7-21(24(33)29-25(2,3)4)30(14-16-8-9-17(26)12-19(16)27)23(32)15-31(37(6,34)35)18-10-11-22(36-5)20(28)13-18/h8-13,21H,7,14-15H2,1-6H3,(H,29,33)/t21-/m0/s1. The Morgan fingerprint density at radius 3 is 2.19 bits per heavy atom. The first-order valence-electron chi connectivity index (χ1n) is 11.4. The van der Waals surface area contributed by atoms with Gasteiger partial charge in [-0.05, 0) is 63.1 Å². The molecule has 0 saturated heterocycles. The molecule has 2 rings (SSSR count). The number of sulfonamides is 1. The third kappa shape index (κ3) is 8.67. The van der Waals surface area contributed by atoms with Crippen LogP contribution in [0.5, 0.6) is 5.75 Å². The van der Waals surface area contributed by atoms with E-state index in [0.29, 0.717) is 21.4 Å². The minimum absolute atomic E-state index is 0.0358. The van der Waals surface area contributed by atoms with E-state index in [2.05, 4.69) is 5.32 Å². The van der Waals surface area contributed by atoms with Crippen molar-refractivity contribution >= 4 is 62.3 Å². The maximum atomic E-state index is 13.7. The summed E-state index contributed by atoms with van der Waals surface area (Å²) in [4.78, 5) is 28.3. The van der Waals surface area contributed by atoms with E-state index in [-0.39, 0.29) is 29.6 Å². The monoisotopic (exact) mass is 591 g/mol. The summed E-state index contributed by atoms with van der Waals surface area (Å²) in [7, 11) is -2.47. The SMILES string of the molecule is CC[C@@H](C(=O)NC(C)(C)C)N(Cc1ccc(Cl)cc1Cl)C(=O)CN(c1ccc(OC)c(Cl)c1)S(C)(=O)=O. The second kappa shape index (κ2) is 12.6. The van der Waals surface area contributed by atoms with Crippen molar-refractivity contribution in [2.45, 2.75) is 52.2 Å². The van der Waals surface area contributed by atoms with Crippen LogP contribution < -0.4 is 14.4 Å². The number of rotatable bonds is 10. The van der Waals surface area contributed by atoms with Gasteiger partial charge in [-0.15, -0.1) is 0 Å². The van der Waals surface area contributed by atoms with E-state index in [1.807, 2.05) is 20.8 Å². The van der Waals surface area contributed by atoms with Gasteiger partial charge in [0.15, 0.2) is 0 Å². The molecule has 0 saturated carbocycles. The quantitative estimate of drug-likeness (QED) is 0.412. The van der Waals surface area contributed by atoms with Crippen molar-refractivity contribution in [2.75, 3.05) is 24.2 Å². The Morgan fingerprint density at radius 1 is 1.05 bits per heavy atom. The van der Waals surface area contributed by atoms with Gasteiger partial charge in [0.05, 0.1) is 24.1 Å². The topological polar surface area (TPSA) is 96.0 Å². The Labute approximate surface area is 233 Å². The number of carbonyl (C=O) groups excluding carboxylic acids is 2. The molecule has 0 aliphatic carbocycles. The molecular formula is C25H32Cl3N3O5S. The van der Waals surface area contributed by atoms with Crippen LogP contribution in [0.15, 0.2) is 36.4 Å². The molecule has 0 aliphatic rings. The van der Waals surface area contributed by atoms with Crippen molar-refractivity contribution < 1.29 is 22.7 Å². The minimum Gasteiger partial charge on any atom is -0.495 e. The lowest BCUT2D eigenvalue weighted by Crippen LogP contribution is -2.55. The summed E-state index contributed by atoms with van der Waals surface area (Å²) in [5, 5.41) is 3.82. The van der Waals surface area contributed by atoms with Gasteiger partial charge in [0.1, 0.15) is 18.3 Å². The minimum atomic E-state index is -3.91. The van der Waals surface area contributed by atoms with Gasteiger partial charge in [-0.1, -0.05) is 47.8 Å². The summed E-state index contributed by atoms with van der Waals surface area (Å²) in [5.74, 6) is -0.611. The number of ether oxygens (including phenoxy) is 1. The highest BCUT2D eigenvalue weighted by Crippen LogP contribution is 2.31. The molecule has 1 N–H and O–H groups in total. The number of hydrogen-bond acceptors (Lipinski definition) is 5. The number of hydrogen-bond donors (Lipinski definition) is 1. The smallest absolute Gasteiger partial charge is 0.244 e. The molecule has 0 radical (unpaired) electrons. The zero-order valence-corrected chi connectivity index (χ0v) is 24.7. The number of benzene rings is 2. The number of halogens is 3. The lowest BCUT2D eigenvalue weighted by Gasteiger charge is -2.34. The van der Waals surface area contributed by atoms with Gasteiger partial charge >= 0.3 is 0 Å². The third-order valence-electron chi connectivity index (χ3n) is 5.34. The molecule has 12 heteroatoms. The lowest BCUT2D eigenvalue weighted by atomic mass is 10.1. The van der Waals surface area contributed by atoms with E-state index in [1.165, 1.54) is 30.2 Å². The van der Waals surface area contributed by atoms with Gasteiger partial charge in [0.25, 0.3) is 0 Å². The van der Waals surface area contributed by atoms with Crippen LogP contribution in [0.1, 0.15) is 39.7 Å². The van der Waals surface area contributed by atoms with Gasteiger partial charge < -0.3 is 15.0 Å². The highest BCUT2D eigenvalue weighted by Gasteiger charge is 2.33. The number of anilines is 1. The maximum absolute atomic E-state index is 13.7. The van der Waals surface area contributed by atoms with E-state index < -0.39 is 34.1 Å². The molecule has 0 fully saturated rings. The molecule has 0 aromatic heterocycles. The molecule has 0 spiro atoms. The van der Waals surface area contributed by atoms with Crippen molar-refractivity contribution in [3.05, 3.63) is 57.0 Å². The van der Waals surface area contributed by atoms with Crippen LogP contribution in [0.25, 0.3) is 0 Å². The largest absolute Gasteiger partial charge is 0.495 e. The van der Waals surface area contributed by atoms with Gasteiger partial charge in [-0.25, -0.2) is 8.42 Å². The Bertz CT molecular complexity index is 1250. The van der Waals surface area contributed by atoms with Crippen molar-refractivity contribution in [3.63, 3.8) is 0 Å². The summed E-state index contributed by atoms with van der Waals surface area (Å²) in [6, 6.07) is 8.35. The fourth-order valence-corrected chi connectivity index (χ4v) is 5.19. The van der Waals surface area contributed by atoms with Crippen molar-refractivity contribution in [3.8, 4) is 5.75 Å². The molecule has 2 aromatic rings. The number of nitrogens with one attached hydrogen (secondary N) is 1. The predicted molar refractivity (Wildman–Crippen MR) is 149 cm³/mol. The van der Waals surface area contributed by atoms with Crippen molar-refractivity contribution in [1.29, 1.82) is 0 Å². The van der Waals surface area contributed by atoms with E-state index in [1.54, 1.807) is 25.1 Å². The average molecular weight is 593 g/mol. The first-order chi connectivity index (χ1) is 17.1. The summed E-state index contributed by atoms with van der Waals surface area (Å²) in [6.45, 7) is 6.67. The molecule has 37 heavy (non-hydrogen) atoms. The molecule has 0 unspecified atom stereocenters. The zero-order valence-electron chi connectivity index (χ0n) is 21.6. The number of carbonyl (C=O) groups is 2. The fraction of sp³-hybridized carbons (Fsp3) is 0.440. The van der Waals surface area contributed by atoms with E-state index in [0.717, 1.165) is 10.6 Å². The Kier molecular flexibility index (Phi) is 10.5. The molecule has 2 aromatic carbocycles. The van der Waals surface area contributed by atoms with E-state index in [9.17, 15) is 18.0 Å². The molecule has 0 bridgehead atoms. The summed E-state index contributed by atoms with van der Waals surface area (Å²) in [5.41, 5.74) is 0.189. The highest BCUT2D eigenvalue weighted by molar-refractivity contribution is 7.92. The summed E-state index contributed by atoms with van der Waals surface area (Å²) in [6.07, 6.45) is 1.27. The van der Waals surface area contributed by atoms with Crippen LogP contribution in [0.3, 0.4) is 0 Å². The second-order valence-electron chi connectivity index (χ2n) is 9.51. The van der Waals surface area contributed by atoms with Gasteiger partial charge in [0.2, 0.25) is 21.8 Å². The Balaban J connectivity index is 2.52. The fourth-order valence-electron chi connectivity index (χ4n) is 3.63. The van der Waals surface area contributed by atoms with Crippen LogP contribution >= 0.6 is 34.8 Å². The average Bonchev–Trinajstić information content (AvgIpc) is 2.76. The summed E-state index contributed by atoms with van der Waals surface area (Å²) >= 11 is 18.6. The molecule has 0 aliphatic heterocycles. The van der Waals surface area contributed by atoms with Gasteiger partial charge in [-0.2, -0.15) is 0 Å². The molecule has 2 amide bonds. The maximum Gasteiger partial charge on any atom is 0.244 e. The van der Waals surface area contributed by atoms with Crippen LogP contribution in [0.4, 0.5) is 5.69 Å². The van der Waals surface area contributed by atoms with E-state index in [4.69, 9.17) is 39.5 Å². The van der Waals surface area contributed by atoms with Crippen molar-refractivity contribution in [1.82, 2.24) is 10.2 Å². The molecular weight excluding hydrogens is 561 g/mol. The van der Waals surface area contributed by atoms with Crippen molar-refractivity contribution in [2.24, 2.45) is 0 Å². The van der Waals surface area contributed by atoms with Crippen LogP contribution in [0, 0.1) is 0 Å².